The molecule has 0 aromatic heterocycles. The molecule has 1 saturated heterocycles. The second kappa shape index (κ2) is 12.3. The quantitative estimate of drug-likeness (QED) is 0.379. The van der Waals surface area contributed by atoms with E-state index in [2.05, 4.69) is 12.1 Å². The highest BCUT2D eigenvalue weighted by Crippen LogP contribution is 2.36. The van der Waals surface area contributed by atoms with Gasteiger partial charge in [-0.15, -0.1) is 0 Å². The number of benzene rings is 3. The van der Waals surface area contributed by atoms with Crippen molar-refractivity contribution in [1.82, 2.24) is 4.90 Å². The topological polar surface area (TPSA) is 94.2 Å². The summed E-state index contributed by atoms with van der Waals surface area (Å²) in [7, 11) is 0. The summed E-state index contributed by atoms with van der Waals surface area (Å²) in [6, 6.07) is 23.3. The zero-order valence-corrected chi connectivity index (χ0v) is 21.7. The number of amides is 2. The summed E-state index contributed by atoms with van der Waals surface area (Å²) in [5.74, 6) is 0.221. The molecule has 2 N–H and O–H groups in total. The van der Waals surface area contributed by atoms with E-state index < -0.39 is 5.91 Å². The van der Waals surface area contributed by atoms with E-state index in [1.54, 1.807) is 17.0 Å². The lowest BCUT2D eigenvalue weighted by molar-refractivity contribution is -0.122. The normalized spacial score (nSPS) is 15.4. The van der Waals surface area contributed by atoms with Crippen LogP contribution in [-0.2, 0) is 16.0 Å². The number of carbonyl (C=O) groups excluding carboxylic acids is 2. The summed E-state index contributed by atoms with van der Waals surface area (Å²) < 4.78 is 11.1. The molecule has 190 valence electrons. The van der Waals surface area contributed by atoms with Gasteiger partial charge in [0.1, 0.15) is 0 Å². The average Bonchev–Trinajstić information content (AvgIpc) is 3.17. The Kier molecular flexibility index (Phi) is 8.64. The van der Waals surface area contributed by atoms with Gasteiger partial charge in [0.2, 0.25) is 0 Å². The number of ether oxygens (including phenoxy) is 2. The Hall–Kier alpha value is -4.04. The first kappa shape index (κ1) is 26.0. The van der Waals surface area contributed by atoms with Gasteiger partial charge < -0.3 is 15.2 Å². The maximum absolute atomic E-state index is 13.5. The highest BCUT2D eigenvalue weighted by molar-refractivity contribution is 8.18. The number of hydrogen-bond donors (Lipinski definition) is 1. The molecule has 4 rings (SSSR count). The second-order valence-electron chi connectivity index (χ2n) is 8.43. The van der Waals surface area contributed by atoms with Crippen molar-refractivity contribution in [3.05, 3.63) is 94.4 Å². The second-order valence-corrected chi connectivity index (χ2v) is 9.44. The molecule has 0 unspecified atom stereocenters. The van der Waals surface area contributed by atoms with Crippen molar-refractivity contribution in [2.24, 2.45) is 10.7 Å². The lowest BCUT2D eigenvalue weighted by atomic mass is 10.1. The van der Waals surface area contributed by atoms with Gasteiger partial charge >= 0.3 is 0 Å². The minimum Gasteiger partial charge on any atom is -0.490 e. The van der Waals surface area contributed by atoms with Crippen LogP contribution < -0.4 is 15.2 Å². The molecule has 37 heavy (non-hydrogen) atoms. The third kappa shape index (κ3) is 7.01. The number of nitrogens with zero attached hydrogens (tertiary/aromatic N) is 2. The van der Waals surface area contributed by atoms with Crippen molar-refractivity contribution >= 4 is 40.5 Å². The molecular weight excluding hydrogens is 486 g/mol. The Labute approximate surface area is 221 Å². The fourth-order valence-electron chi connectivity index (χ4n) is 3.71. The first-order valence-corrected chi connectivity index (χ1v) is 12.8. The molecule has 0 spiro atoms. The molecule has 7 nitrogen and oxygen atoms in total. The molecule has 2 amide bonds. The Morgan fingerprint density at radius 3 is 2.49 bits per heavy atom. The van der Waals surface area contributed by atoms with E-state index in [0.717, 1.165) is 22.4 Å². The highest BCUT2D eigenvalue weighted by atomic mass is 32.2. The van der Waals surface area contributed by atoms with Crippen LogP contribution in [0.25, 0.3) is 6.08 Å². The number of hydrogen-bond acceptors (Lipinski definition) is 6. The average molecular weight is 516 g/mol. The van der Waals surface area contributed by atoms with Crippen LogP contribution in [0.2, 0.25) is 0 Å². The number of aliphatic imine (C=N–C) groups is 1. The van der Waals surface area contributed by atoms with Crippen LogP contribution in [0.1, 0.15) is 23.6 Å². The van der Waals surface area contributed by atoms with Gasteiger partial charge in [-0.25, -0.2) is 4.99 Å². The first-order valence-electron chi connectivity index (χ1n) is 12.0. The fourth-order valence-corrected chi connectivity index (χ4v) is 4.73. The van der Waals surface area contributed by atoms with Crippen molar-refractivity contribution in [3.8, 4) is 11.5 Å². The van der Waals surface area contributed by atoms with Gasteiger partial charge in [-0.05, 0) is 73.5 Å². The monoisotopic (exact) mass is 515 g/mol. The number of carbonyl (C=O) groups is 2. The van der Waals surface area contributed by atoms with Crippen molar-refractivity contribution in [2.45, 2.75) is 20.3 Å². The Morgan fingerprint density at radius 1 is 1.03 bits per heavy atom. The minimum absolute atomic E-state index is 0.0983. The summed E-state index contributed by atoms with van der Waals surface area (Å²) in [6.45, 7) is 4.57. The molecule has 0 aliphatic carbocycles. The number of nitrogens with two attached hydrogens (primary N) is 1. The molecule has 0 bridgehead atoms. The fraction of sp³-hybridized carbons (Fsp3) is 0.207. The van der Waals surface area contributed by atoms with Crippen LogP contribution in [-0.4, -0.2) is 41.6 Å². The van der Waals surface area contributed by atoms with Crippen LogP contribution in [0.5, 0.6) is 11.5 Å². The van der Waals surface area contributed by atoms with E-state index >= 15 is 0 Å². The SMILES string of the molecule is CCOc1cc(/C=C2/SC(=Nc3ccc(C)cc3)N(CCc3ccccc3)C2=O)ccc1OCC(N)=O. The summed E-state index contributed by atoms with van der Waals surface area (Å²) in [5.41, 5.74) is 9.06. The molecule has 1 heterocycles. The van der Waals surface area contributed by atoms with E-state index in [-0.39, 0.29) is 12.5 Å². The molecule has 1 fully saturated rings. The minimum atomic E-state index is -0.572. The lowest BCUT2D eigenvalue weighted by Crippen LogP contribution is -2.31. The number of rotatable bonds is 10. The van der Waals surface area contributed by atoms with E-state index in [0.29, 0.717) is 41.1 Å². The molecule has 3 aromatic carbocycles. The van der Waals surface area contributed by atoms with Gasteiger partial charge in [0.25, 0.3) is 11.8 Å². The van der Waals surface area contributed by atoms with E-state index in [9.17, 15) is 9.59 Å². The molecule has 1 aliphatic heterocycles. The van der Waals surface area contributed by atoms with E-state index in [4.69, 9.17) is 20.2 Å². The molecule has 0 radical (unpaired) electrons. The van der Waals surface area contributed by atoms with Crippen LogP contribution in [0, 0.1) is 6.92 Å². The van der Waals surface area contributed by atoms with Crippen molar-refractivity contribution in [2.75, 3.05) is 19.8 Å². The smallest absolute Gasteiger partial charge is 0.266 e. The largest absolute Gasteiger partial charge is 0.490 e. The molecule has 3 aromatic rings. The number of aryl methyl sites for hydroxylation is 1. The van der Waals surface area contributed by atoms with E-state index in [1.807, 2.05) is 68.5 Å². The maximum Gasteiger partial charge on any atom is 0.266 e. The third-order valence-corrected chi connectivity index (χ3v) is 6.56. The van der Waals surface area contributed by atoms with Gasteiger partial charge in [-0.3, -0.25) is 14.5 Å². The van der Waals surface area contributed by atoms with Crippen LogP contribution >= 0.6 is 11.8 Å². The van der Waals surface area contributed by atoms with Crippen LogP contribution in [0.15, 0.2) is 82.7 Å². The zero-order valence-electron chi connectivity index (χ0n) is 20.8. The molecule has 1 aliphatic rings. The number of amidine groups is 1. The van der Waals surface area contributed by atoms with Crippen molar-refractivity contribution < 1.29 is 19.1 Å². The number of primary amides is 1. The van der Waals surface area contributed by atoms with Crippen LogP contribution in [0.3, 0.4) is 0 Å². The summed E-state index contributed by atoms with van der Waals surface area (Å²) in [6.07, 6.45) is 2.54. The Balaban J connectivity index is 1.62. The predicted octanol–water partition coefficient (Wildman–Crippen LogP) is 5.10. The van der Waals surface area contributed by atoms with Gasteiger partial charge in [-0.2, -0.15) is 0 Å². The Morgan fingerprint density at radius 2 is 1.78 bits per heavy atom. The van der Waals surface area contributed by atoms with Gasteiger partial charge in [0.15, 0.2) is 23.3 Å². The van der Waals surface area contributed by atoms with E-state index in [1.165, 1.54) is 11.8 Å². The van der Waals surface area contributed by atoms with Gasteiger partial charge in [-0.1, -0.05) is 54.1 Å². The molecular formula is C29H29N3O4S. The van der Waals surface area contributed by atoms with Gasteiger partial charge in [0, 0.05) is 6.54 Å². The van der Waals surface area contributed by atoms with Crippen molar-refractivity contribution in [1.29, 1.82) is 0 Å². The molecule has 0 saturated carbocycles. The summed E-state index contributed by atoms with van der Waals surface area (Å²) >= 11 is 1.35. The summed E-state index contributed by atoms with van der Waals surface area (Å²) in [5, 5.41) is 0.641. The maximum atomic E-state index is 13.5. The molecule has 0 atom stereocenters. The summed E-state index contributed by atoms with van der Waals surface area (Å²) in [4.78, 5) is 31.7. The number of thioether (sulfide) groups is 1. The standard InChI is InChI=1S/C29H29N3O4S/c1-3-35-25-17-22(11-14-24(25)36-19-27(30)33)18-26-28(34)32(16-15-21-7-5-4-6-8-21)29(37-26)31-23-12-9-20(2)10-13-23/h4-14,17-18H,3,15-16,19H2,1-2H3,(H2,30,33)/b26-18+,31-29?. The van der Waals surface area contributed by atoms with Crippen molar-refractivity contribution in [3.63, 3.8) is 0 Å². The zero-order chi connectivity index (χ0) is 26.2. The lowest BCUT2D eigenvalue weighted by Gasteiger charge is -2.15. The third-order valence-electron chi connectivity index (χ3n) is 5.55. The highest BCUT2D eigenvalue weighted by Gasteiger charge is 2.33. The predicted molar refractivity (Wildman–Crippen MR) is 148 cm³/mol. The Bertz CT molecular complexity index is 1320. The van der Waals surface area contributed by atoms with Crippen LogP contribution in [0.4, 0.5) is 5.69 Å². The van der Waals surface area contributed by atoms with Gasteiger partial charge in [0.05, 0.1) is 17.2 Å². The molecule has 8 heteroatoms. The first-order chi connectivity index (χ1) is 17.9.